The van der Waals surface area contributed by atoms with Crippen molar-refractivity contribution in [2.24, 2.45) is 0 Å². The molecule has 3 heterocycles. The smallest absolute Gasteiger partial charge is 0.246 e. The second kappa shape index (κ2) is 7.87. The van der Waals surface area contributed by atoms with Gasteiger partial charge in [-0.25, -0.2) is 0 Å². The molecule has 3 atom stereocenters. The molecule has 5 nitrogen and oxygen atoms in total. The molecule has 0 radical (unpaired) electrons. The Morgan fingerprint density at radius 3 is 2.41 bits per heavy atom. The molecule has 0 saturated carbocycles. The van der Waals surface area contributed by atoms with Gasteiger partial charge in [-0.15, -0.1) is 0 Å². The molecule has 34 heavy (non-hydrogen) atoms. The summed E-state index contributed by atoms with van der Waals surface area (Å²) >= 11 is 0. The van der Waals surface area contributed by atoms with Crippen molar-refractivity contribution in [2.45, 2.75) is 38.4 Å². The second-order valence-electron chi connectivity index (χ2n) is 9.40. The molecular weight excluding hydrogens is 422 g/mol. The zero-order valence-electron chi connectivity index (χ0n) is 19.4. The molecule has 1 N–H and O–H groups in total. The first-order valence-corrected chi connectivity index (χ1v) is 11.9. The first-order chi connectivity index (χ1) is 16.5. The molecule has 2 aliphatic heterocycles. The number of hydrogen-bond donors (Lipinski definition) is 1. The summed E-state index contributed by atoms with van der Waals surface area (Å²) < 4.78 is 0. The van der Waals surface area contributed by atoms with E-state index in [1.165, 1.54) is 0 Å². The summed E-state index contributed by atoms with van der Waals surface area (Å²) in [6.45, 7) is 4.17. The van der Waals surface area contributed by atoms with Crippen LogP contribution in [0, 0.1) is 6.92 Å². The van der Waals surface area contributed by atoms with E-state index in [1.807, 2.05) is 66.4 Å². The number of aryl methyl sites for hydroxylation is 1. The number of para-hydroxylation sites is 1. The number of aromatic amines is 1. The van der Waals surface area contributed by atoms with E-state index in [2.05, 4.69) is 36.2 Å². The van der Waals surface area contributed by atoms with E-state index in [9.17, 15) is 9.59 Å². The highest BCUT2D eigenvalue weighted by Crippen LogP contribution is 2.44. The van der Waals surface area contributed by atoms with Crippen molar-refractivity contribution >= 4 is 22.7 Å². The van der Waals surface area contributed by atoms with Crippen LogP contribution in [0.1, 0.15) is 47.0 Å². The van der Waals surface area contributed by atoms with Crippen LogP contribution in [-0.4, -0.2) is 39.2 Å². The van der Waals surface area contributed by atoms with Gasteiger partial charge in [-0.1, -0.05) is 72.8 Å². The van der Waals surface area contributed by atoms with Crippen molar-refractivity contribution in [1.29, 1.82) is 0 Å². The Bertz CT molecular complexity index is 1410. The number of H-pyrrole nitrogens is 1. The number of carbonyl (C=O) groups is 2. The monoisotopic (exact) mass is 449 g/mol. The molecule has 0 bridgehead atoms. The fraction of sp³-hybridized carbons (Fsp3) is 0.241. The van der Waals surface area contributed by atoms with Gasteiger partial charge < -0.3 is 14.8 Å². The molecule has 170 valence electrons. The number of fused-ring (bicyclic) bond motifs is 4. The van der Waals surface area contributed by atoms with Crippen LogP contribution in [0.15, 0.2) is 78.9 Å². The van der Waals surface area contributed by atoms with E-state index >= 15 is 0 Å². The van der Waals surface area contributed by atoms with E-state index in [0.29, 0.717) is 6.42 Å². The maximum atomic E-state index is 14.0. The lowest BCUT2D eigenvalue weighted by Gasteiger charge is -2.48. The molecule has 2 amide bonds. The molecule has 5 heteroatoms. The van der Waals surface area contributed by atoms with Crippen LogP contribution in [-0.2, 0) is 16.0 Å². The molecule has 0 unspecified atom stereocenters. The van der Waals surface area contributed by atoms with E-state index < -0.39 is 6.04 Å². The number of amides is 2. The van der Waals surface area contributed by atoms with Gasteiger partial charge in [0, 0.05) is 23.0 Å². The highest BCUT2D eigenvalue weighted by atomic mass is 16.2. The third-order valence-electron chi connectivity index (χ3n) is 7.53. The third-order valence-corrected chi connectivity index (χ3v) is 7.53. The van der Waals surface area contributed by atoms with E-state index in [1.54, 1.807) is 4.90 Å². The van der Waals surface area contributed by atoms with E-state index in [4.69, 9.17) is 0 Å². The number of rotatable bonds is 3. The molecule has 3 aromatic carbocycles. The summed E-state index contributed by atoms with van der Waals surface area (Å²) in [5, 5.41) is 1.13. The fourth-order valence-corrected chi connectivity index (χ4v) is 5.74. The van der Waals surface area contributed by atoms with Crippen LogP contribution in [0.3, 0.4) is 0 Å². The summed E-state index contributed by atoms with van der Waals surface area (Å²) in [4.78, 5) is 34.9. The Hall–Kier alpha value is -3.86. The van der Waals surface area contributed by atoms with Crippen molar-refractivity contribution in [3.05, 3.63) is 107 Å². The minimum Gasteiger partial charge on any atom is -0.356 e. The topological polar surface area (TPSA) is 56.4 Å². The second-order valence-corrected chi connectivity index (χ2v) is 9.40. The average molecular weight is 450 g/mol. The largest absolute Gasteiger partial charge is 0.356 e. The Kier molecular flexibility index (Phi) is 4.80. The normalized spacial score (nSPS) is 20.9. The molecule has 4 aromatic rings. The van der Waals surface area contributed by atoms with Gasteiger partial charge in [-0.3, -0.25) is 9.59 Å². The van der Waals surface area contributed by atoms with Crippen LogP contribution in [0.2, 0.25) is 0 Å². The van der Waals surface area contributed by atoms with Crippen LogP contribution in [0.25, 0.3) is 10.9 Å². The van der Waals surface area contributed by atoms with Crippen LogP contribution >= 0.6 is 0 Å². The number of carbonyl (C=O) groups excluding carboxylic acids is 2. The van der Waals surface area contributed by atoms with Gasteiger partial charge in [0.15, 0.2) is 0 Å². The predicted molar refractivity (Wildman–Crippen MR) is 132 cm³/mol. The maximum Gasteiger partial charge on any atom is 0.246 e. The molecular formula is C29H27N3O2. The number of aromatic nitrogens is 1. The standard InChI is InChI=1S/C29H27N3O2/c1-18-10-6-7-13-21(18)28-27-23(22-14-8-9-15-24(22)30-27)16-25-29(34)31(17-26(33)32(25)28)19(2)20-11-4-3-5-12-20/h3-15,19,25,28,30H,16-17H2,1-2H3/t19-,25+,28+/m1/s1. The minimum atomic E-state index is -0.524. The first kappa shape index (κ1) is 20.7. The highest BCUT2D eigenvalue weighted by molar-refractivity contribution is 5.98. The van der Waals surface area contributed by atoms with Crippen LogP contribution in [0.5, 0.6) is 0 Å². The fourth-order valence-electron chi connectivity index (χ4n) is 5.74. The third kappa shape index (κ3) is 3.07. The Morgan fingerprint density at radius 2 is 1.62 bits per heavy atom. The Balaban J connectivity index is 1.50. The molecule has 0 aliphatic carbocycles. The minimum absolute atomic E-state index is 0.00931. The Morgan fingerprint density at radius 1 is 0.912 bits per heavy atom. The quantitative estimate of drug-likeness (QED) is 0.483. The van der Waals surface area contributed by atoms with Gasteiger partial charge in [0.2, 0.25) is 11.8 Å². The Labute approximate surface area is 199 Å². The SMILES string of the molecule is Cc1ccccc1[C@H]1c2[nH]c3ccccc3c2C[C@H]2C(=O)N([C@H](C)c3ccccc3)CC(=O)N12. The highest BCUT2D eigenvalue weighted by Gasteiger charge is 2.49. The number of benzene rings is 3. The number of nitrogens with one attached hydrogen (secondary N) is 1. The molecule has 6 rings (SSSR count). The van der Waals surface area contributed by atoms with Gasteiger partial charge in [0.25, 0.3) is 0 Å². The summed E-state index contributed by atoms with van der Waals surface area (Å²) in [6, 6.07) is 25.3. The van der Waals surface area contributed by atoms with Crippen LogP contribution in [0.4, 0.5) is 0 Å². The zero-order chi connectivity index (χ0) is 23.4. The summed E-state index contributed by atoms with van der Waals surface area (Å²) in [5.41, 5.74) is 6.42. The lowest BCUT2D eigenvalue weighted by molar-refractivity contribution is -0.160. The van der Waals surface area contributed by atoms with Gasteiger partial charge >= 0.3 is 0 Å². The molecule has 1 saturated heterocycles. The first-order valence-electron chi connectivity index (χ1n) is 11.9. The number of nitrogens with zero attached hydrogens (tertiary/aromatic N) is 2. The molecule has 2 aliphatic rings. The number of piperazine rings is 1. The number of hydrogen-bond acceptors (Lipinski definition) is 2. The van der Waals surface area contributed by atoms with E-state index in [0.717, 1.165) is 38.9 Å². The van der Waals surface area contributed by atoms with Crippen molar-refractivity contribution in [3.63, 3.8) is 0 Å². The maximum absolute atomic E-state index is 14.0. The van der Waals surface area contributed by atoms with Crippen molar-refractivity contribution in [1.82, 2.24) is 14.8 Å². The molecule has 1 aromatic heterocycles. The van der Waals surface area contributed by atoms with Crippen molar-refractivity contribution in [2.75, 3.05) is 6.54 Å². The summed E-state index contributed by atoms with van der Waals surface area (Å²) in [6.07, 6.45) is 0.518. The van der Waals surface area contributed by atoms with Crippen molar-refractivity contribution < 1.29 is 9.59 Å². The van der Waals surface area contributed by atoms with Gasteiger partial charge in [0.1, 0.15) is 12.6 Å². The summed E-state index contributed by atoms with van der Waals surface area (Å²) in [5.74, 6) is 0.00964. The van der Waals surface area contributed by atoms with E-state index in [-0.39, 0.29) is 30.4 Å². The van der Waals surface area contributed by atoms with Gasteiger partial charge in [0.05, 0.1) is 12.1 Å². The lowest BCUT2D eigenvalue weighted by atomic mass is 9.84. The van der Waals surface area contributed by atoms with Gasteiger partial charge in [-0.2, -0.15) is 0 Å². The van der Waals surface area contributed by atoms with Crippen molar-refractivity contribution in [3.8, 4) is 0 Å². The predicted octanol–water partition coefficient (Wildman–Crippen LogP) is 4.92. The molecule has 0 spiro atoms. The molecule has 1 fully saturated rings. The average Bonchev–Trinajstić information content (AvgIpc) is 3.24. The summed E-state index contributed by atoms with van der Waals surface area (Å²) in [7, 11) is 0. The van der Waals surface area contributed by atoms with Crippen LogP contribution < -0.4 is 0 Å². The lowest BCUT2D eigenvalue weighted by Crippen LogP contribution is -2.63. The van der Waals surface area contributed by atoms with Gasteiger partial charge in [-0.05, 0) is 42.2 Å². The zero-order valence-corrected chi connectivity index (χ0v) is 19.4.